The molecule has 1 aliphatic rings. The van der Waals surface area contributed by atoms with E-state index in [9.17, 15) is 13.2 Å². The molecular formula is C13H16F3N. The zero-order valence-corrected chi connectivity index (χ0v) is 9.77. The van der Waals surface area contributed by atoms with Crippen molar-refractivity contribution in [3.63, 3.8) is 0 Å². The quantitative estimate of drug-likeness (QED) is 0.854. The van der Waals surface area contributed by atoms with Crippen LogP contribution in [-0.4, -0.2) is 11.7 Å². The lowest BCUT2D eigenvalue weighted by atomic mass is 10.0. The van der Waals surface area contributed by atoms with Crippen molar-refractivity contribution in [2.75, 3.05) is 0 Å². The summed E-state index contributed by atoms with van der Waals surface area (Å²) in [7, 11) is 0. The van der Waals surface area contributed by atoms with Gasteiger partial charge >= 0.3 is 6.18 Å². The third-order valence-corrected chi connectivity index (χ3v) is 3.41. The summed E-state index contributed by atoms with van der Waals surface area (Å²) >= 11 is 0. The topological polar surface area (TPSA) is 12.0 Å². The Balaban J connectivity index is 2.03. The van der Waals surface area contributed by atoms with Crippen LogP contribution in [0.3, 0.4) is 0 Å². The SMILES string of the molecule is CCc1ccccc1CNC1(C(F)(F)F)CC1. The second kappa shape index (κ2) is 4.33. The number of aryl methyl sites for hydroxylation is 1. The number of benzene rings is 1. The van der Waals surface area contributed by atoms with Crippen molar-refractivity contribution in [2.24, 2.45) is 0 Å². The molecule has 17 heavy (non-hydrogen) atoms. The van der Waals surface area contributed by atoms with E-state index in [4.69, 9.17) is 0 Å². The number of halogens is 3. The summed E-state index contributed by atoms with van der Waals surface area (Å²) in [4.78, 5) is 0. The van der Waals surface area contributed by atoms with E-state index in [0.717, 1.165) is 17.5 Å². The molecule has 0 aliphatic heterocycles. The zero-order chi connectivity index (χ0) is 12.5. The molecule has 1 saturated carbocycles. The van der Waals surface area contributed by atoms with Gasteiger partial charge in [-0.15, -0.1) is 0 Å². The second-order valence-corrected chi connectivity index (χ2v) is 4.56. The molecule has 0 spiro atoms. The van der Waals surface area contributed by atoms with Gasteiger partial charge in [-0.3, -0.25) is 5.32 Å². The van der Waals surface area contributed by atoms with Crippen molar-refractivity contribution in [1.29, 1.82) is 0 Å². The van der Waals surface area contributed by atoms with E-state index in [-0.39, 0.29) is 12.8 Å². The number of alkyl halides is 3. The van der Waals surface area contributed by atoms with Crippen molar-refractivity contribution < 1.29 is 13.2 Å². The van der Waals surface area contributed by atoms with E-state index in [2.05, 4.69) is 5.32 Å². The zero-order valence-electron chi connectivity index (χ0n) is 9.77. The Labute approximate surface area is 99.0 Å². The van der Waals surface area contributed by atoms with E-state index in [1.54, 1.807) is 0 Å². The lowest BCUT2D eigenvalue weighted by Gasteiger charge is -2.21. The maximum absolute atomic E-state index is 12.7. The molecule has 4 heteroatoms. The summed E-state index contributed by atoms with van der Waals surface area (Å²) in [6, 6.07) is 7.63. The predicted molar refractivity (Wildman–Crippen MR) is 60.7 cm³/mol. The Hall–Kier alpha value is -1.03. The molecule has 0 heterocycles. The molecule has 1 nitrogen and oxygen atoms in total. The molecule has 1 aliphatic carbocycles. The van der Waals surface area contributed by atoms with Gasteiger partial charge in [0.05, 0.1) is 0 Å². The Morgan fingerprint density at radius 1 is 1.18 bits per heavy atom. The lowest BCUT2D eigenvalue weighted by molar-refractivity contribution is -0.166. The Morgan fingerprint density at radius 3 is 2.24 bits per heavy atom. The third-order valence-electron chi connectivity index (χ3n) is 3.41. The summed E-state index contributed by atoms with van der Waals surface area (Å²) in [5, 5.41) is 2.68. The van der Waals surface area contributed by atoms with Crippen molar-refractivity contribution in [1.82, 2.24) is 5.32 Å². The first-order chi connectivity index (χ1) is 7.98. The number of nitrogens with one attached hydrogen (secondary N) is 1. The monoisotopic (exact) mass is 243 g/mol. The largest absolute Gasteiger partial charge is 0.406 e. The molecular weight excluding hydrogens is 227 g/mol. The standard InChI is InChI=1S/C13H16F3N/c1-2-10-5-3-4-6-11(10)9-17-12(7-8-12)13(14,15)16/h3-6,17H,2,7-9H2,1H3. The van der Waals surface area contributed by atoms with E-state index in [0.29, 0.717) is 6.54 Å². The highest BCUT2D eigenvalue weighted by Crippen LogP contribution is 2.49. The normalized spacial score (nSPS) is 18.1. The van der Waals surface area contributed by atoms with E-state index < -0.39 is 11.7 Å². The minimum Gasteiger partial charge on any atom is -0.299 e. The van der Waals surface area contributed by atoms with Gasteiger partial charge in [0.2, 0.25) is 0 Å². The van der Waals surface area contributed by atoms with Gasteiger partial charge in [-0.1, -0.05) is 31.2 Å². The van der Waals surface area contributed by atoms with E-state index >= 15 is 0 Å². The molecule has 1 N–H and O–H groups in total. The molecule has 1 fully saturated rings. The molecule has 0 unspecified atom stereocenters. The van der Waals surface area contributed by atoms with E-state index in [1.165, 1.54) is 0 Å². The molecule has 0 radical (unpaired) electrons. The Kier molecular flexibility index (Phi) is 3.17. The lowest BCUT2D eigenvalue weighted by Crippen LogP contribution is -2.44. The van der Waals surface area contributed by atoms with Crippen molar-refractivity contribution in [3.05, 3.63) is 35.4 Å². The van der Waals surface area contributed by atoms with Gasteiger partial charge in [0.15, 0.2) is 0 Å². The molecule has 2 rings (SSSR count). The van der Waals surface area contributed by atoms with Gasteiger partial charge in [0.1, 0.15) is 5.54 Å². The molecule has 0 amide bonds. The molecule has 0 aromatic heterocycles. The van der Waals surface area contributed by atoms with Crippen LogP contribution >= 0.6 is 0 Å². The fraction of sp³-hybridized carbons (Fsp3) is 0.538. The van der Waals surface area contributed by atoms with Crippen molar-refractivity contribution >= 4 is 0 Å². The highest BCUT2D eigenvalue weighted by Gasteiger charge is 2.62. The average Bonchev–Trinajstić information content (AvgIpc) is 3.07. The molecule has 0 atom stereocenters. The molecule has 0 bridgehead atoms. The highest BCUT2D eigenvalue weighted by molar-refractivity contribution is 5.27. The minimum absolute atomic E-state index is 0.199. The van der Waals surface area contributed by atoms with Gasteiger partial charge in [-0.05, 0) is 30.4 Å². The van der Waals surface area contributed by atoms with Crippen LogP contribution in [0.4, 0.5) is 13.2 Å². The van der Waals surface area contributed by atoms with Crippen LogP contribution in [0.2, 0.25) is 0 Å². The maximum atomic E-state index is 12.7. The molecule has 1 aromatic carbocycles. The van der Waals surface area contributed by atoms with E-state index in [1.807, 2.05) is 31.2 Å². The first kappa shape index (κ1) is 12.4. The van der Waals surface area contributed by atoms with Crippen LogP contribution in [0, 0.1) is 0 Å². The van der Waals surface area contributed by atoms with Crippen molar-refractivity contribution in [2.45, 2.75) is 44.4 Å². The van der Waals surface area contributed by atoms with Crippen LogP contribution in [-0.2, 0) is 13.0 Å². The van der Waals surface area contributed by atoms with Crippen LogP contribution in [0.15, 0.2) is 24.3 Å². The minimum atomic E-state index is -4.13. The second-order valence-electron chi connectivity index (χ2n) is 4.56. The van der Waals surface area contributed by atoms with Crippen molar-refractivity contribution in [3.8, 4) is 0 Å². The molecule has 1 aromatic rings. The Morgan fingerprint density at radius 2 is 1.76 bits per heavy atom. The smallest absolute Gasteiger partial charge is 0.299 e. The predicted octanol–water partition coefficient (Wildman–Crippen LogP) is 3.43. The summed E-state index contributed by atoms with van der Waals surface area (Å²) in [6.45, 7) is 2.30. The van der Waals surface area contributed by atoms with Gasteiger partial charge in [0, 0.05) is 6.54 Å². The number of hydrogen-bond donors (Lipinski definition) is 1. The van der Waals surface area contributed by atoms with Gasteiger partial charge < -0.3 is 0 Å². The fourth-order valence-corrected chi connectivity index (χ4v) is 2.02. The average molecular weight is 243 g/mol. The first-order valence-electron chi connectivity index (χ1n) is 5.87. The summed E-state index contributed by atoms with van der Waals surface area (Å²) in [5.74, 6) is 0. The van der Waals surface area contributed by atoms with Gasteiger partial charge in [0.25, 0.3) is 0 Å². The van der Waals surface area contributed by atoms with Gasteiger partial charge in [-0.25, -0.2) is 0 Å². The van der Waals surface area contributed by atoms with Crippen LogP contribution < -0.4 is 5.32 Å². The van der Waals surface area contributed by atoms with Gasteiger partial charge in [-0.2, -0.15) is 13.2 Å². The summed E-state index contributed by atoms with van der Waals surface area (Å²) in [5.41, 5.74) is 0.455. The highest BCUT2D eigenvalue weighted by atomic mass is 19.4. The van der Waals surface area contributed by atoms with Crippen LogP contribution in [0.5, 0.6) is 0 Å². The summed E-state index contributed by atoms with van der Waals surface area (Å²) in [6.07, 6.45) is -2.89. The number of rotatable bonds is 4. The van der Waals surface area contributed by atoms with Crippen LogP contribution in [0.1, 0.15) is 30.9 Å². The Bertz CT molecular complexity index is 394. The molecule has 94 valence electrons. The fourth-order valence-electron chi connectivity index (χ4n) is 2.02. The van der Waals surface area contributed by atoms with Crippen LogP contribution in [0.25, 0.3) is 0 Å². The summed E-state index contributed by atoms with van der Waals surface area (Å²) < 4.78 is 38.2. The molecule has 0 saturated heterocycles. The third kappa shape index (κ3) is 2.46. The first-order valence-corrected chi connectivity index (χ1v) is 5.87. The maximum Gasteiger partial charge on any atom is 0.406 e. The number of hydrogen-bond acceptors (Lipinski definition) is 1.